The lowest BCUT2D eigenvalue weighted by Gasteiger charge is -2.21. The van der Waals surface area contributed by atoms with E-state index in [0.717, 1.165) is 37.4 Å². The summed E-state index contributed by atoms with van der Waals surface area (Å²) in [5, 5.41) is 3.31. The van der Waals surface area contributed by atoms with Gasteiger partial charge in [0.2, 0.25) is 0 Å². The minimum atomic E-state index is 0. The molecule has 104 valence electrons. The van der Waals surface area contributed by atoms with Crippen LogP contribution in [0.15, 0.2) is 4.99 Å². The summed E-state index contributed by atoms with van der Waals surface area (Å²) in [4.78, 5) is 6.76. The van der Waals surface area contributed by atoms with Gasteiger partial charge in [0.05, 0.1) is 0 Å². The maximum atomic E-state index is 5.26. The summed E-state index contributed by atoms with van der Waals surface area (Å²) in [6.07, 6.45) is 7.85. The van der Waals surface area contributed by atoms with Crippen LogP contribution in [-0.2, 0) is 0 Å². The molecule has 1 heterocycles. The van der Waals surface area contributed by atoms with Gasteiger partial charge in [0, 0.05) is 19.6 Å². The van der Waals surface area contributed by atoms with E-state index < -0.39 is 0 Å². The van der Waals surface area contributed by atoms with Gasteiger partial charge < -0.3 is 10.2 Å². The largest absolute Gasteiger partial charge is 0.356 e. The topological polar surface area (TPSA) is 27.6 Å². The molecule has 0 aromatic carbocycles. The van der Waals surface area contributed by atoms with Crippen molar-refractivity contribution >= 4 is 29.9 Å². The summed E-state index contributed by atoms with van der Waals surface area (Å²) in [6, 6.07) is 0. The SMILES string of the molecule is C#CCN=C(NCC)N1CCC(CC(C)C)C1.I. The number of guanidine groups is 1. The molecule has 1 saturated heterocycles. The second-order valence-electron chi connectivity index (χ2n) is 5.10. The summed E-state index contributed by atoms with van der Waals surface area (Å²) in [6.45, 7) is 10.3. The van der Waals surface area contributed by atoms with E-state index >= 15 is 0 Å². The van der Waals surface area contributed by atoms with E-state index in [1.54, 1.807) is 0 Å². The first-order valence-electron chi connectivity index (χ1n) is 6.64. The molecule has 0 spiro atoms. The van der Waals surface area contributed by atoms with Gasteiger partial charge in [-0.1, -0.05) is 19.8 Å². The highest BCUT2D eigenvalue weighted by Gasteiger charge is 2.25. The summed E-state index contributed by atoms with van der Waals surface area (Å²) < 4.78 is 0. The molecule has 0 amide bonds. The van der Waals surface area contributed by atoms with Crippen LogP contribution in [0.1, 0.15) is 33.6 Å². The summed E-state index contributed by atoms with van der Waals surface area (Å²) in [5.74, 6) is 5.14. The van der Waals surface area contributed by atoms with Crippen LogP contribution in [0.2, 0.25) is 0 Å². The molecule has 0 aromatic heterocycles. The van der Waals surface area contributed by atoms with Gasteiger partial charge in [-0.2, -0.15) is 0 Å². The molecule has 4 heteroatoms. The van der Waals surface area contributed by atoms with Gasteiger partial charge in [-0.15, -0.1) is 30.4 Å². The zero-order valence-electron chi connectivity index (χ0n) is 11.8. The average molecular weight is 363 g/mol. The fourth-order valence-electron chi connectivity index (χ4n) is 2.43. The van der Waals surface area contributed by atoms with E-state index in [1.807, 2.05) is 0 Å². The maximum Gasteiger partial charge on any atom is 0.194 e. The molecule has 1 fully saturated rings. The van der Waals surface area contributed by atoms with Crippen LogP contribution in [-0.4, -0.2) is 37.0 Å². The molecule has 3 nitrogen and oxygen atoms in total. The fraction of sp³-hybridized carbons (Fsp3) is 0.786. The summed E-state index contributed by atoms with van der Waals surface area (Å²) >= 11 is 0. The molecular weight excluding hydrogens is 337 g/mol. The normalized spacial score (nSPS) is 19.6. The Hall–Kier alpha value is -0.440. The van der Waals surface area contributed by atoms with Gasteiger partial charge in [0.25, 0.3) is 0 Å². The second kappa shape index (κ2) is 9.48. The lowest BCUT2D eigenvalue weighted by Crippen LogP contribution is -2.40. The molecule has 1 rings (SSSR count). The predicted molar refractivity (Wildman–Crippen MR) is 89.4 cm³/mol. The molecule has 0 radical (unpaired) electrons. The minimum Gasteiger partial charge on any atom is -0.356 e. The smallest absolute Gasteiger partial charge is 0.194 e. The van der Waals surface area contributed by atoms with Crippen LogP contribution >= 0.6 is 24.0 Å². The van der Waals surface area contributed by atoms with Gasteiger partial charge in [-0.25, -0.2) is 4.99 Å². The van der Waals surface area contributed by atoms with Gasteiger partial charge in [-0.05, 0) is 31.6 Å². The first kappa shape index (κ1) is 17.6. The number of nitrogens with one attached hydrogen (secondary N) is 1. The predicted octanol–water partition coefficient (Wildman–Crippen LogP) is 2.57. The molecule has 0 bridgehead atoms. The zero-order chi connectivity index (χ0) is 12.7. The Morgan fingerprint density at radius 1 is 1.56 bits per heavy atom. The number of hydrogen-bond acceptors (Lipinski definition) is 1. The third-order valence-corrected chi connectivity index (χ3v) is 3.05. The van der Waals surface area contributed by atoms with Crippen molar-refractivity contribution in [3.63, 3.8) is 0 Å². The first-order chi connectivity index (χ1) is 8.17. The van der Waals surface area contributed by atoms with Crippen LogP contribution in [0.25, 0.3) is 0 Å². The van der Waals surface area contributed by atoms with E-state index in [1.165, 1.54) is 12.8 Å². The quantitative estimate of drug-likeness (QED) is 0.360. The van der Waals surface area contributed by atoms with Crippen LogP contribution in [0.4, 0.5) is 0 Å². The minimum absolute atomic E-state index is 0. The summed E-state index contributed by atoms with van der Waals surface area (Å²) in [7, 11) is 0. The third-order valence-electron chi connectivity index (χ3n) is 3.05. The molecule has 1 unspecified atom stereocenters. The Bertz CT molecular complexity index is 294. The highest BCUT2D eigenvalue weighted by atomic mass is 127. The van der Waals surface area contributed by atoms with Gasteiger partial charge in [0.15, 0.2) is 5.96 Å². The average Bonchev–Trinajstić information content (AvgIpc) is 2.71. The molecule has 1 aliphatic heterocycles. The fourth-order valence-corrected chi connectivity index (χ4v) is 2.43. The zero-order valence-corrected chi connectivity index (χ0v) is 14.1. The Kier molecular flexibility index (Phi) is 9.25. The van der Waals surface area contributed by atoms with E-state index in [-0.39, 0.29) is 24.0 Å². The molecule has 1 aliphatic rings. The highest BCUT2D eigenvalue weighted by molar-refractivity contribution is 14.0. The molecular formula is C14H26IN3. The van der Waals surface area contributed by atoms with Crippen LogP contribution in [0.5, 0.6) is 0 Å². The molecule has 0 aliphatic carbocycles. The number of aliphatic imine (C=N–C) groups is 1. The van der Waals surface area contributed by atoms with Crippen LogP contribution < -0.4 is 5.32 Å². The number of nitrogens with zero attached hydrogens (tertiary/aromatic N) is 2. The molecule has 0 saturated carbocycles. The Labute approximate surface area is 129 Å². The third kappa shape index (κ3) is 5.94. The molecule has 18 heavy (non-hydrogen) atoms. The van der Waals surface area contributed by atoms with Crippen LogP contribution in [0.3, 0.4) is 0 Å². The second-order valence-corrected chi connectivity index (χ2v) is 5.10. The van der Waals surface area contributed by atoms with Crippen molar-refractivity contribution in [3.8, 4) is 12.3 Å². The number of likely N-dealkylation sites (tertiary alicyclic amines) is 1. The van der Waals surface area contributed by atoms with Crippen molar-refractivity contribution in [2.75, 3.05) is 26.2 Å². The van der Waals surface area contributed by atoms with Gasteiger partial charge >= 0.3 is 0 Å². The van der Waals surface area contributed by atoms with Crippen LogP contribution in [0, 0.1) is 24.2 Å². The monoisotopic (exact) mass is 363 g/mol. The van der Waals surface area contributed by atoms with E-state index in [0.29, 0.717) is 6.54 Å². The lowest BCUT2D eigenvalue weighted by atomic mass is 9.97. The maximum absolute atomic E-state index is 5.26. The van der Waals surface area contributed by atoms with Crippen molar-refractivity contribution in [3.05, 3.63) is 0 Å². The lowest BCUT2D eigenvalue weighted by molar-refractivity contribution is 0.404. The summed E-state index contributed by atoms with van der Waals surface area (Å²) in [5.41, 5.74) is 0. The van der Waals surface area contributed by atoms with Crippen molar-refractivity contribution in [2.24, 2.45) is 16.8 Å². The Balaban J connectivity index is 0.00000289. The first-order valence-corrected chi connectivity index (χ1v) is 6.64. The van der Waals surface area contributed by atoms with Gasteiger partial charge in [0.1, 0.15) is 6.54 Å². The number of terminal acetylenes is 1. The van der Waals surface area contributed by atoms with E-state index in [4.69, 9.17) is 6.42 Å². The molecule has 1 atom stereocenters. The van der Waals surface area contributed by atoms with Crippen molar-refractivity contribution in [1.29, 1.82) is 0 Å². The highest BCUT2D eigenvalue weighted by Crippen LogP contribution is 2.23. The van der Waals surface area contributed by atoms with Crippen molar-refractivity contribution in [1.82, 2.24) is 10.2 Å². The van der Waals surface area contributed by atoms with Gasteiger partial charge in [-0.3, -0.25) is 0 Å². The van der Waals surface area contributed by atoms with E-state index in [9.17, 15) is 0 Å². The number of halogens is 1. The Morgan fingerprint density at radius 3 is 2.83 bits per heavy atom. The van der Waals surface area contributed by atoms with Crippen molar-refractivity contribution < 1.29 is 0 Å². The molecule has 1 N–H and O–H groups in total. The number of rotatable bonds is 4. The standard InChI is InChI=1S/C14H25N3.HI/c1-5-8-16-14(15-6-2)17-9-7-13(11-17)10-12(3)4;/h1,12-13H,6-11H2,2-4H3,(H,15,16);1H. The molecule has 0 aromatic rings. The van der Waals surface area contributed by atoms with E-state index in [2.05, 4.69) is 41.9 Å². The Morgan fingerprint density at radius 2 is 2.28 bits per heavy atom. The number of hydrogen-bond donors (Lipinski definition) is 1. The van der Waals surface area contributed by atoms with Crippen molar-refractivity contribution in [2.45, 2.75) is 33.6 Å².